The van der Waals surface area contributed by atoms with Crippen LogP contribution in [0.3, 0.4) is 0 Å². The van der Waals surface area contributed by atoms with Gasteiger partial charge in [-0.2, -0.15) is 5.26 Å². The Morgan fingerprint density at radius 3 is 2.75 bits per heavy atom. The molecule has 0 aliphatic carbocycles. The summed E-state index contributed by atoms with van der Waals surface area (Å²) >= 11 is 0. The van der Waals surface area contributed by atoms with E-state index < -0.39 is 5.82 Å². The fourth-order valence-electron chi connectivity index (χ4n) is 1.96. The van der Waals surface area contributed by atoms with Crippen molar-refractivity contribution in [3.05, 3.63) is 58.9 Å². The Kier molecular flexibility index (Phi) is 4.21. The molecule has 0 aromatic heterocycles. The molecule has 0 spiro atoms. The van der Waals surface area contributed by atoms with E-state index in [4.69, 9.17) is 10.00 Å². The lowest BCUT2D eigenvalue weighted by Crippen LogP contribution is -2.02. The first-order valence-corrected chi connectivity index (χ1v) is 6.21. The molecule has 0 amide bonds. The summed E-state index contributed by atoms with van der Waals surface area (Å²) in [5.41, 5.74) is 2.88. The second-order valence-electron chi connectivity index (χ2n) is 4.48. The molecule has 0 fully saturated rings. The molecule has 0 aliphatic heterocycles. The number of nitrogens with zero attached hydrogens (tertiary/aromatic N) is 1. The van der Waals surface area contributed by atoms with Gasteiger partial charge in [-0.3, -0.25) is 0 Å². The third kappa shape index (κ3) is 3.07. The number of halogens is 1. The van der Waals surface area contributed by atoms with Crippen LogP contribution in [-0.2, 0) is 6.54 Å². The molecule has 0 atom stereocenters. The van der Waals surface area contributed by atoms with Crippen molar-refractivity contribution < 1.29 is 9.13 Å². The van der Waals surface area contributed by atoms with Crippen LogP contribution in [-0.4, -0.2) is 7.11 Å². The maximum absolute atomic E-state index is 13.2. The van der Waals surface area contributed by atoms with Gasteiger partial charge in [0.05, 0.1) is 12.7 Å². The number of anilines is 1. The first-order chi connectivity index (χ1) is 9.63. The summed E-state index contributed by atoms with van der Waals surface area (Å²) in [5.74, 6) is 0.289. The Balaban J connectivity index is 2.17. The number of aryl methyl sites for hydroxylation is 1. The van der Waals surface area contributed by atoms with E-state index in [0.29, 0.717) is 12.2 Å². The highest BCUT2D eigenvalue weighted by molar-refractivity contribution is 5.51. The molecule has 1 N–H and O–H groups in total. The zero-order chi connectivity index (χ0) is 14.5. The van der Waals surface area contributed by atoms with Crippen LogP contribution >= 0.6 is 0 Å². The summed E-state index contributed by atoms with van der Waals surface area (Å²) in [7, 11) is 1.62. The standard InChI is InChI=1S/C16H15FN2O/c1-11-3-6-16(20-2)13(7-11)10-19-14-4-5-15(17)12(8-14)9-18/h3-8,19H,10H2,1-2H3. The van der Waals surface area contributed by atoms with E-state index in [0.717, 1.165) is 16.9 Å². The van der Waals surface area contributed by atoms with Crippen molar-refractivity contribution in [1.29, 1.82) is 5.26 Å². The van der Waals surface area contributed by atoms with Crippen LogP contribution in [0.15, 0.2) is 36.4 Å². The van der Waals surface area contributed by atoms with Crippen molar-refractivity contribution in [3.63, 3.8) is 0 Å². The van der Waals surface area contributed by atoms with E-state index in [9.17, 15) is 4.39 Å². The monoisotopic (exact) mass is 270 g/mol. The van der Waals surface area contributed by atoms with Crippen LogP contribution in [0.4, 0.5) is 10.1 Å². The first kappa shape index (κ1) is 13.9. The van der Waals surface area contributed by atoms with Gasteiger partial charge in [0.1, 0.15) is 17.6 Å². The molecule has 0 heterocycles. The molecule has 102 valence electrons. The Hall–Kier alpha value is -2.54. The van der Waals surface area contributed by atoms with Crippen molar-refractivity contribution in [2.24, 2.45) is 0 Å². The summed E-state index contributed by atoms with van der Waals surface area (Å²) in [5, 5.41) is 12.0. The molecule has 20 heavy (non-hydrogen) atoms. The Labute approximate surface area is 117 Å². The topological polar surface area (TPSA) is 45.0 Å². The number of ether oxygens (including phenoxy) is 1. The molecule has 0 unspecified atom stereocenters. The summed E-state index contributed by atoms with van der Waals surface area (Å²) in [6, 6.07) is 12.1. The van der Waals surface area contributed by atoms with E-state index >= 15 is 0 Å². The molecule has 2 aromatic carbocycles. The van der Waals surface area contributed by atoms with Gasteiger partial charge in [-0.05, 0) is 31.2 Å². The smallest absolute Gasteiger partial charge is 0.141 e. The minimum Gasteiger partial charge on any atom is -0.496 e. The number of nitriles is 1. The molecule has 0 saturated carbocycles. The van der Waals surface area contributed by atoms with Gasteiger partial charge >= 0.3 is 0 Å². The number of hydrogen-bond donors (Lipinski definition) is 1. The second-order valence-corrected chi connectivity index (χ2v) is 4.48. The van der Waals surface area contributed by atoms with Gasteiger partial charge in [0, 0.05) is 17.8 Å². The van der Waals surface area contributed by atoms with E-state index in [2.05, 4.69) is 5.32 Å². The minimum absolute atomic E-state index is 0.0335. The maximum atomic E-state index is 13.2. The Bertz CT molecular complexity index is 662. The highest BCUT2D eigenvalue weighted by Gasteiger charge is 2.05. The van der Waals surface area contributed by atoms with Crippen molar-refractivity contribution in [2.75, 3.05) is 12.4 Å². The van der Waals surface area contributed by atoms with Crippen molar-refractivity contribution >= 4 is 5.69 Å². The van der Waals surface area contributed by atoms with Gasteiger partial charge < -0.3 is 10.1 Å². The second kappa shape index (κ2) is 6.07. The summed E-state index contributed by atoms with van der Waals surface area (Å²) in [6.07, 6.45) is 0. The minimum atomic E-state index is -0.508. The third-order valence-corrected chi connectivity index (χ3v) is 3.01. The van der Waals surface area contributed by atoms with E-state index in [1.165, 1.54) is 12.1 Å². The summed E-state index contributed by atoms with van der Waals surface area (Å²) in [4.78, 5) is 0. The first-order valence-electron chi connectivity index (χ1n) is 6.21. The van der Waals surface area contributed by atoms with Crippen LogP contribution in [0.5, 0.6) is 5.75 Å². The summed E-state index contributed by atoms with van der Waals surface area (Å²) < 4.78 is 18.5. The van der Waals surface area contributed by atoms with Crippen LogP contribution in [0.2, 0.25) is 0 Å². The Morgan fingerprint density at radius 1 is 1.25 bits per heavy atom. The van der Waals surface area contributed by atoms with Crippen molar-refractivity contribution in [3.8, 4) is 11.8 Å². The van der Waals surface area contributed by atoms with Gasteiger partial charge in [0.2, 0.25) is 0 Å². The van der Waals surface area contributed by atoms with Gasteiger partial charge in [-0.25, -0.2) is 4.39 Å². The number of hydrogen-bond acceptors (Lipinski definition) is 3. The van der Waals surface area contributed by atoms with Gasteiger partial charge in [0.15, 0.2) is 0 Å². The molecule has 0 saturated heterocycles. The molecule has 0 aliphatic rings. The predicted octanol–water partition coefficient (Wildman–Crippen LogP) is 3.63. The van der Waals surface area contributed by atoms with E-state index in [1.54, 1.807) is 13.2 Å². The SMILES string of the molecule is COc1ccc(C)cc1CNc1ccc(F)c(C#N)c1. The van der Waals surface area contributed by atoms with Gasteiger partial charge in [0.25, 0.3) is 0 Å². The maximum Gasteiger partial charge on any atom is 0.141 e. The molecule has 4 heteroatoms. The quantitative estimate of drug-likeness (QED) is 0.922. The lowest BCUT2D eigenvalue weighted by molar-refractivity contribution is 0.410. The molecule has 0 radical (unpaired) electrons. The van der Waals surface area contributed by atoms with Crippen LogP contribution < -0.4 is 10.1 Å². The molecule has 3 nitrogen and oxygen atoms in total. The molecule has 2 rings (SSSR count). The number of methoxy groups -OCH3 is 1. The fraction of sp³-hybridized carbons (Fsp3) is 0.188. The van der Waals surface area contributed by atoms with Gasteiger partial charge in [-0.1, -0.05) is 17.7 Å². The van der Waals surface area contributed by atoms with E-state index in [-0.39, 0.29) is 5.56 Å². The zero-order valence-corrected chi connectivity index (χ0v) is 11.4. The van der Waals surface area contributed by atoms with Crippen LogP contribution in [0.25, 0.3) is 0 Å². The number of rotatable bonds is 4. The molecular weight excluding hydrogens is 255 g/mol. The Morgan fingerprint density at radius 2 is 2.05 bits per heavy atom. The van der Waals surface area contributed by atoms with Crippen molar-refractivity contribution in [1.82, 2.24) is 0 Å². The van der Waals surface area contributed by atoms with Crippen LogP contribution in [0, 0.1) is 24.1 Å². The lowest BCUT2D eigenvalue weighted by atomic mass is 10.1. The molecule has 0 bridgehead atoms. The van der Waals surface area contributed by atoms with Crippen LogP contribution in [0.1, 0.15) is 16.7 Å². The highest BCUT2D eigenvalue weighted by atomic mass is 19.1. The highest BCUT2D eigenvalue weighted by Crippen LogP contribution is 2.21. The van der Waals surface area contributed by atoms with E-state index in [1.807, 2.05) is 31.2 Å². The molecule has 2 aromatic rings. The predicted molar refractivity (Wildman–Crippen MR) is 76.2 cm³/mol. The third-order valence-electron chi connectivity index (χ3n) is 3.01. The van der Waals surface area contributed by atoms with Gasteiger partial charge in [-0.15, -0.1) is 0 Å². The average Bonchev–Trinajstić information content (AvgIpc) is 2.46. The number of nitrogens with one attached hydrogen (secondary N) is 1. The zero-order valence-electron chi connectivity index (χ0n) is 11.4. The largest absolute Gasteiger partial charge is 0.496 e. The normalized spacial score (nSPS) is 9.90. The lowest BCUT2D eigenvalue weighted by Gasteiger charge is -2.11. The average molecular weight is 270 g/mol. The summed E-state index contributed by atoms with van der Waals surface area (Å²) in [6.45, 7) is 2.55. The van der Waals surface area contributed by atoms with Crippen molar-refractivity contribution in [2.45, 2.75) is 13.5 Å². The molecular formula is C16H15FN2O. The fourth-order valence-corrected chi connectivity index (χ4v) is 1.96. The number of benzene rings is 2.